The molecule has 1 heterocycles. The molecular weight excluding hydrogens is 344 g/mol. The van der Waals surface area contributed by atoms with Crippen LogP contribution >= 0.6 is 0 Å². The van der Waals surface area contributed by atoms with Crippen molar-refractivity contribution in [3.05, 3.63) is 42.2 Å². The smallest absolute Gasteiger partial charge is 0.412 e. The van der Waals surface area contributed by atoms with Gasteiger partial charge in [-0.2, -0.15) is 0 Å². The fourth-order valence-corrected chi connectivity index (χ4v) is 2.21. The maximum Gasteiger partial charge on any atom is 0.412 e. The molecule has 2 aromatic rings. The summed E-state index contributed by atoms with van der Waals surface area (Å²) in [6, 6.07) is 9.13. The molecule has 0 saturated carbocycles. The van der Waals surface area contributed by atoms with Crippen molar-refractivity contribution in [3.8, 4) is 16.9 Å². The van der Waals surface area contributed by atoms with E-state index in [1.807, 2.05) is 38.1 Å². The van der Waals surface area contributed by atoms with Crippen LogP contribution in [0.5, 0.6) is 5.75 Å². The van der Waals surface area contributed by atoms with Gasteiger partial charge < -0.3 is 9.47 Å². The number of aromatic nitrogens is 1. The number of methoxy groups -OCH3 is 1. The lowest BCUT2D eigenvalue weighted by atomic mass is 10.1. The molecule has 0 unspecified atom stereocenters. The number of nitrogens with zero attached hydrogens (tertiary/aromatic N) is 1. The van der Waals surface area contributed by atoms with Gasteiger partial charge in [-0.25, -0.2) is 4.79 Å². The summed E-state index contributed by atoms with van der Waals surface area (Å²) in [5.41, 5.74) is 1.45. The third-order valence-corrected chi connectivity index (χ3v) is 3.26. The standard InChI is InChI=1S/C19H22N2O4.C2H6/c1-12(22)17-16(21-18(23)25-19(2,3)4)10-14(11-20-17)13-7-6-8-15(9-13)24-5;1-2/h6-11H,1-5H3,(H,21,23);1-2H3. The Kier molecular flexibility index (Phi) is 7.97. The van der Waals surface area contributed by atoms with Gasteiger partial charge in [0.1, 0.15) is 17.0 Å². The average Bonchev–Trinajstić information content (AvgIpc) is 2.61. The van der Waals surface area contributed by atoms with E-state index in [9.17, 15) is 9.59 Å². The van der Waals surface area contributed by atoms with Crippen LogP contribution < -0.4 is 10.1 Å². The molecule has 27 heavy (non-hydrogen) atoms. The van der Waals surface area contributed by atoms with E-state index in [1.54, 1.807) is 40.1 Å². The van der Waals surface area contributed by atoms with Crippen molar-refractivity contribution in [1.29, 1.82) is 0 Å². The molecule has 0 aliphatic heterocycles. The first-order chi connectivity index (χ1) is 12.7. The molecule has 6 nitrogen and oxygen atoms in total. The van der Waals surface area contributed by atoms with Gasteiger partial charge >= 0.3 is 6.09 Å². The van der Waals surface area contributed by atoms with E-state index in [0.717, 1.165) is 11.1 Å². The number of hydrogen-bond acceptors (Lipinski definition) is 5. The van der Waals surface area contributed by atoms with Crippen LogP contribution in [0.1, 0.15) is 52.0 Å². The SMILES string of the molecule is CC.COc1cccc(-c2cnc(C(C)=O)c(NC(=O)OC(C)(C)C)c2)c1. The zero-order valence-corrected chi connectivity index (χ0v) is 17.0. The molecule has 0 saturated heterocycles. The Labute approximate surface area is 160 Å². The lowest BCUT2D eigenvalue weighted by Crippen LogP contribution is -2.27. The fraction of sp³-hybridized carbons (Fsp3) is 0.381. The van der Waals surface area contributed by atoms with Gasteiger partial charge in [0.25, 0.3) is 0 Å². The molecule has 6 heteroatoms. The number of ketones is 1. The summed E-state index contributed by atoms with van der Waals surface area (Å²) in [5, 5.41) is 2.61. The summed E-state index contributed by atoms with van der Waals surface area (Å²) in [5.74, 6) is 0.457. The Morgan fingerprint density at radius 3 is 2.30 bits per heavy atom. The molecule has 0 aliphatic carbocycles. The summed E-state index contributed by atoms with van der Waals surface area (Å²) in [7, 11) is 1.59. The molecule has 0 atom stereocenters. The molecule has 146 valence electrons. The number of amides is 1. The van der Waals surface area contributed by atoms with Crippen molar-refractivity contribution in [2.45, 2.75) is 47.1 Å². The van der Waals surface area contributed by atoms with Crippen LogP contribution in [0.25, 0.3) is 11.1 Å². The summed E-state index contributed by atoms with van der Waals surface area (Å²) in [6.07, 6.45) is 0.950. The Balaban J connectivity index is 0.00000176. The quantitative estimate of drug-likeness (QED) is 0.734. The van der Waals surface area contributed by atoms with E-state index in [2.05, 4.69) is 10.3 Å². The summed E-state index contributed by atoms with van der Waals surface area (Å²) >= 11 is 0. The minimum absolute atomic E-state index is 0.178. The predicted molar refractivity (Wildman–Crippen MR) is 107 cm³/mol. The van der Waals surface area contributed by atoms with E-state index in [0.29, 0.717) is 11.4 Å². The Hall–Kier alpha value is -2.89. The second kappa shape index (κ2) is 9.71. The molecular formula is C21H28N2O4. The molecule has 1 N–H and O–H groups in total. The second-order valence-electron chi connectivity index (χ2n) is 6.54. The van der Waals surface area contributed by atoms with Gasteiger partial charge in [0.15, 0.2) is 5.78 Å². The topological polar surface area (TPSA) is 77.5 Å². The highest BCUT2D eigenvalue weighted by atomic mass is 16.6. The molecule has 0 aliphatic rings. The van der Waals surface area contributed by atoms with Crippen LogP contribution in [0.4, 0.5) is 10.5 Å². The second-order valence-corrected chi connectivity index (χ2v) is 6.54. The molecule has 1 aromatic heterocycles. The Morgan fingerprint density at radius 1 is 1.07 bits per heavy atom. The highest BCUT2D eigenvalue weighted by Gasteiger charge is 2.19. The largest absolute Gasteiger partial charge is 0.497 e. The first kappa shape index (κ1) is 22.2. The van der Waals surface area contributed by atoms with Crippen molar-refractivity contribution in [2.24, 2.45) is 0 Å². The lowest BCUT2D eigenvalue weighted by molar-refractivity contribution is 0.0636. The molecule has 0 spiro atoms. The highest BCUT2D eigenvalue weighted by Crippen LogP contribution is 2.27. The van der Waals surface area contributed by atoms with Gasteiger partial charge in [-0.3, -0.25) is 15.1 Å². The molecule has 2 rings (SSSR count). The molecule has 1 amide bonds. The van der Waals surface area contributed by atoms with Crippen molar-refractivity contribution in [1.82, 2.24) is 4.98 Å². The number of nitrogens with one attached hydrogen (secondary N) is 1. The molecule has 0 fully saturated rings. The van der Waals surface area contributed by atoms with Crippen LogP contribution in [0.2, 0.25) is 0 Å². The van der Waals surface area contributed by atoms with Gasteiger partial charge in [0.05, 0.1) is 12.8 Å². The minimum Gasteiger partial charge on any atom is -0.497 e. The molecule has 0 radical (unpaired) electrons. The summed E-state index contributed by atoms with van der Waals surface area (Å²) in [6.45, 7) is 10.7. The molecule has 1 aromatic carbocycles. The van der Waals surface area contributed by atoms with Gasteiger partial charge in [-0.1, -0.05) is 26.0 Å². The highest BCUT2D eigenvalue weighted by molar-refractivity contribution is 6.01. The zero-order chi connectivity index (χ0) is 20.6. The number of benzene rings is 1. The summed E-state index contributed by atoms with van der Waals surface area (Å²) in [4.78, 5) is 28.1. The number of ether oxygens (including phenoxy) is 2. The number of hydrogen-bond donors (Lipinski definition) is 1. The first-order valence-electron chi connectivity index (χ1n) is 8.85. The van der Waals surface area contributed by atoms with Crippen molar-refractivity contribution >= 4 is 17.6 Å². The number of carbonyl (C=O) groups excluding carboxylic acids is 2. The van der Waals surface area contributed by atoms with Crippen LogP contribution in [-0.2, 0) is 4.74 Å². The Bertz CT molecular complexity index is 795. The maximum absolute atomic E-state index is 12.1. The van der Waals surface area contributed by atoms with Crippen LogP contribution in [0, 0.1) is 0 Å². The van der Waals surface area contributed by atoms with E-state index < -0.39 is 11.7 Å². The first-order valence-corrected chi connectivity index (χ1v) is 8.85. The van der Waals surface area contributed by atoms with E-state index in [1.165, 1.54) is 6.92 Å². The van der Waals surface area contributed by atoms with Gasteiger partial charge in [0, 0.05) is 18.7 Å². The number of anilines is 1. The third kappa shape index (κ3) is 6.73. The zero-order valence-electron chi connectivity index (χ0n) is 17.0. The molecule has 0 bridgehead atoms. The van der Waals surface area contributed by atoms with Crippen molar-refractivity contribution in [2.75, 3.05) is 12.4 Å². The fourth-order valence-electron chi connectivity index (χ4n) is 2.21. The van der Waals surface area contributed by atoms with Gasteiger partial charge in [-0.15, -0.1) is 0 Å². The van der Waals surface area contributed by atoms with E-state index in [-0.39, 0.29) is 11.5 Å². The normalized spacial score (nSPS) is 10.3. The monoisotopic (exact) mass is 372 g/mol. The maximum atomic E-state index is 12.1. The number of Topliss-reactive ketones (excluding diaryl/α,β-unsaturated/α-hetero) is 1. The van der Waals surface area contributed by atoms with E-state index >= 15 is 0 Å². The van der Waals surface area contributed by atoms with Crippen molar-refractivity contribution in [3.63, 3.8) is 0 Å². The number of carbonyl (C=O) groups is 2. The van der Waals surface area contributed by atoms with E-state index in [4.69, 9.17) is 9.47 Å². The van der Waals surface area contributed by atoms with Crippen LogP contribution in [-0.4, -0.2) is 29.6 Å². The van der Waals surface area contributed by atoms with Crippen molar-refractivity contribution < 1.29 is 19.1 Å². The predicted octanol–water partition coefficient (Wildman–Crippen LogP) is 5.33. The summed E-state index contributed by atoms with van der Waals surface area (Å²) < 4.78 is 10.5. The van der Waals surface area contributed by atoms with Gasteiger partial charge in [0.2, 0.25) is 0 Å². The lowest BCUT2D eigenvalue weighted by Gasteiger charge is -2.20. The number of rotatable bonds is 4. The Morgan fingerprint density at radius 2 is 1.74 bits per heavy atom. The van der Waals surface area contributed by atoms with Gasteiger partial charge in [-0.05, 0) is 44.5 Å². The minimum atomic E-state index is -0.641. The van der Waals surface area contributed by atoms with Crippen LogP contribution in [0.3, 0.4) is 0 Å². The van der Waals surface area contributed by atoms with Crippen LogP contribution in [0.15, 0.2) is 36.5 Å². The average molecular weight is 372 g/mol. The number of pyridine rings is 1. The third-order valence-electron chi connectivity index (χ3n) is 3.26.